The zero-order chi connectivity index (χ0) is 19.5. The second-order valence-corrected chi connectivity index (χ2v) is 6.49. The Kier molecular flexibility index (Phi) is 4.75. The predicted octanol–water partition coefficient (Wildman–Crippen LogP) is 4.30. The fourth-order valence-electron chi connectivity index (χ4n) is 3.14. The second kappa shape index (κ2) is 7.51. The van der Waals surface area contributed by atoms with E-state index in [4.69, 9.17) is 4.42 Å². The molecular weight excluding hydrogens is 352 g/mol. The first-order chi connectivity index (χ1) is 13.7. The van der Waals surface area contributed by atoms with Crippen LogP contribution in [0, 0.1) is 11.3 Å². The molecule has 2 N–H and O–H groups in total. The number of nitrogens with zero attached hydrogens (tertiary/aromatic N) is 3. The number of anilines is 1. The lowest BCUT2D eigenvalue weighted by Gasteiger charge is -2.20. The van der Waals surface area contributed by atoms with E-state index in [2.05, 4.69) is 21.6 Å². The number of hydrogen-bond acceptors (Lipinski definition) is 6. The number of hydrogen-bond donors (Lipinski definition) is 2. The van der Waals surface area contributed by atoms with Gasteiger partial charge in [-0.3, -0.25) is 0 Å². The van der Waals surface area contributed by atoms with Crippen LogP contribution in [-0.4, -0.2) is 21.4 Å². The van der Waals surface area contributed by atoms with Gasteiger partial charge >= 0.3 is 0 Å². The molecule has 0 bridgehead atoms. The van der Waals surface area contributed by atoms with E-state index in [1.165, 1.54) is 0 Å². The van der Waals surface area contributed by atoms with Crippen molar-refractivity contribution < 1.29 is 9.52 Å². The van der Waals surface area contributed by atoms with Crippen LogP contribution < -0.4 is 5.32 Å². The van der Waals surface area contributed by atoms with Crippen molar-refractivity contribution in [2.24, 2.45) is 0 Å². The van der Waals surface area contributed by atoms with Crippen LogP contribution in [-0.2, 0) is 0 Å². The standard InChI is InChI=1S/C22H18N4O2/c1-14(27)20(22-26-25-21(28-22)15-7-3-2-4-8-15)24-19-12-11-16(13-23)17-9-5-6-10-18(17)19/h2-12,14,20,24,27H,1H3/t14-,20+/m0/s1. The zero-order valence-electron chi connectivity index (χ0n) is 15.2. The van der Waals surface area contributed by atoms with Crippen molar-refractivity contribution in [1.82, 2.24) is 10.2 Å². The number of aromatic nitrogens is 2. The minimum absolute atomic E-state index is 0.294. The molecule has 138 valence electrons. The lowest BCUT2D eigenvalue weighted by molar-refractivity contribution is 0.160. The largest absolute Gasteiger partial charge is 0.418 e. The van der Waals surface area contributed by atoms with Gasteiger partial charge in [0.2, 0.25) is 11.8 Å². The van der Waals surface area contributed by atoms with Gasteiger partial charge in [0.1, 0.15) is 6.04 Å². The Morgan fingerprint density at radius 2 is 1.68 bits per heavy atom. The van der Waals surface area contributed by atoms with Gasteiger partial charge in [-0.15, -0.1) is 10.2 Å². The topological polar surface area (TPSA) is 95.0 Å². The van der Waals surface area contributed by atoms with E-state index in [0.717, 1.165) is 22.0 Å². The van der Waals surface area contributed by atoms with Crippen LogP contribution in [0.1, 0.15) is 24.4 Å². The molecule has 1 heterocycles. The quantitative estimate of drug-likeness (QED) is 0.544. The average molecular weight is 370 g/mol. The highest BCUT2D eigenvalue weighted by molar-refractivity contribution is 5.97. The highest BCUT2D eigenvalue weighted by Gasteiger charge is 2.25. The van der Waals surface area contributed by atoms with Crippen LogP contribution >= 0.6 is 0 Å². The molecule has 0 amide bonds. The monoisotopic (exact) mass is 370 g/mol. The highest BCUT2D eigenvalue weighted by atomic mass is 16.4. The van der Waals surface area contributed by atoms with Crippen molar-refractivity contribution in [3.63, 3.8) is 0 Å². The number of fused-ring (bicyclic) bond motifs is 1. The average Bonchev–Trinajstić information content (AvgIpc) is 3.22. The third-order valence-electron chi connectivity index (χ3n) is 4.57. The summed E-state index contributed by atoms with van der Waals surface area (Å²) in [7, 11) is 0. The smallest absolute Gasteiger partial charge is 0.247 e. The summed E-state index contributed by atoms with van der Waals surface area (Å²) in [6, 6.07) is 22.3. The number of benzene rings is 3. The third kappa shape index (κ3) is 3.31. The molecule has 4 aromatic rings. The summed E-state index contributed by atoms with van der Waals surface area (Å²) in [6.45, 7) is 1.66. The molecule has 0 aliphatic rings. The van der Waals surface area contributed by atoms with Crippen LogP contribution in [0.2, 0.25) is 0 Å². The van der Waals surface area contributed by atoms with E-state index in [1.54, 1.807) is 13.0 Å². The third-order valence-corrected chi connectivity index (χ3v) is 4.57. The Morgan fingerprint density at radius 3 is 2.39 bits per heavy atom. The number of nitriles is 1. The number of nitrogens with one attached hydrogen (secondary N) is 1. The van der Waals surface area contributed by atoms with Crippen molar-refractivity contribution in [2.75, 3.05) is 5.32 Å². The zero-order valence-corrected chi connectivity index (χ0v) is 15.2. The maximum absolute atomic E-state index is 10.3. The van der Waals surface area contributed by atoms with Crippen LogP contribution in [0.5, 0.6) is 0 Å². The van der Waals surface area contributed by atoms with Gasteiger partial charge in [-0.1, -0.05) is 42.5 Å². The molecule has 4 rings (SSSR count). The number of rotatable bonds is 5. The van der Waals surface area contributed by atoms with Gasteiger partial charge in [0, 0.05) is 22.0 Å². The van der Waals surface area contributed by atoms with Gasteiger partial charge < -0.3 is 14.8 Å². The molecule has 6 nitrogen and oxygen atoms in total. The highest BCUT2D eigenvalue weighted by Crippen LogP contribution is 2.31. The Bertz CT molecular complexity index is 1150. The molecule has 0 aliphatic carbocycles. The normalized spacial score (nSPS) is 13.0. The summed E-state index contributed by atoms with van der Waals surface area (Å²) in [5.74, 6) is 0.690. The van der Waals surface area contributed by atoms with Gasteiger partial charge in [0.15, 0.2) is 0 Å². The fraction of sp³-hybridized carbons (Fsp3) is 0.136. The predicted molar refractivity (Wildman–Crippen MR) is 106 cm³/mol. The Labute approximate surface area is 162 Å². The number of aliphatic hydroxyl groups excluding tert-OH is 1. The molecule has 1 aromatic heterocycles. The first kappa shape index (κ1) is 17.7. The molecular formula is C22H18N4O2. The van der Waals surface area contributed by atoms with E-state index in [1.807, 2.05) is 60.7 Å². The van der Waals surface area contributed by atoms with Crippen LogP contribution in [0.25, 0.3) is 22.2 Å². The lowest BCUT2D eigenvalue weighted by Crippen LogP contribution is -2.23. The Morgan fingerprint density at radius 1 is 0.964 bits per heavy atom. The second-order valence-electron chi connectivity index (χ2n) is 6.49. The Balaban J connectivity index is 1.71. The van der Waals surface area contributed by atoms with Crippen molar-refractivity contribution >= 4 is 16.5 Å². The maximum atomic E-state index is 10.3. The van der Waals surface area contributed by atoms with Gasteiger partial charge in [0.25, 0.3) is 0 Å². The molecule has 0 unspecified atom stereocenters. The molecule has 0 radical (unpaired) electrons. The van der Waals surface area contributed by atoms with Gasteiger partial charge in [-0.25, -0.2) is 0 Å². The van der Waals surface area contributed by atoms with Gasteiger partial charge in [0.05, 0.1) is 17.7 Å². The Hall–Kier alpha value is -3.69. The van der Waals surface area contributed by atoms with Crippen LogP contribution in [0.15, 0.2) is 71.1 Å². The van der Waals surface area contributed by atoms with E-state index < -0.39 is 12.1 Å². The molecule has 6 heteroatoms. The minimum atomic E-state index is -0.779. The molecule has 3 aromatic carbocycles. The molecule has 0 fully saturated rings. The van der Waals surface area contributed by atoms with Crippen molar-refractivity contribution in [2.45, 2.75) is 19.1 Å². The maximum Gasteiger partial charge on any atom is 0.247 e. The summed E-state index contributed by atoms with van der Waals surface area (Å²) < 4.78 is 5.83. The van der Waals surface area contributed by atoms with Crippen molar-refractivity contribution in [3.8, 4) is 17.5 Å². The first-order valence-corrected chi connectivity index (χ1v) is 8.92. The number of aliphatic hydroxyl groups is 1. The van der Waals surface area contributed by atoms with E-state index >= 15 is 0 Å². The molecule has 2 atom stereocenters. The van der Waals surface area contributed by atoms with Gasteiger partial charge in [-0.2, -0.15) is 5.26 Å². The fourth-order valence-corrected chi connectivity index (χ4v) is 3.14. The van der Waals surface area contributed by atoms with E-state index in [9.17, 15) is 10.4 Å². The summed E-state index contributed by atoms with van der Waals surface area (Å²) in [5, 5.41) is 32.9. The van der Waals surface area contributed by atoms with Crippen molar-refractivity contribution in [3.05, 3.63) is 78.2 Å². The molecule has 0 saturated heterocycles. The van der Waals surface area contributed by atoms with Gasteiger partial charge in [-0.05, 0) is 31.2 Å². The minimum Gasteiger partial charge on any atom is -0.418 e. The SMILES string of the molecule is C[C@H](O)[C@@H](Nc1ccc(C#N)c2ccccc12)c1nnc(-c2ccccc2)o1. The molecule has 0 saturated carbocycles. The summed E-state index contributed by atoms with van der Waals surface area (Å²) in [6.07, 6.45) is -0.779. The van der Waals surface area contributed by atoms with Crippen molar-refractivity contribution in [1.29, 1.82) is 5.26 Å². The lowest BCUT2D eigenvalue weighted by atomic mass is 10.0. The molecule has 0 aliphatic heterocycles. The first-order valence-electron chi connectivity index (χ1n) is 8.92. The summed E-state index contributed by atoms with van der Waals surface area (Å²) in [4.78, 5) is 0. The molecule has 28 heavy (non-hydrogen) atoms. The van der Waals surface area contributed by atoms with E-state index in [0.29, 0.717) is 17.3 Å². The van der Waals surface area contributed by atoms with Crippen LogP contribution in [0.4, 0.5) is 5.69 Å². The van der Waals surface area contributed by atoms with Crippen LogP contribution in [0.3, 0.4) is 0 Å². The molecule has 0 spiro atoms. The van der Waals surface area contributed by atoms with E-state index in [-0.39, 0.29) is 0 Å². The summed E-state index contributed by atoms with van der Waals surface area (Å²) >= 11 is 0. The summed E-state index contributed by atoms with van der Waals surface area (Å²) in [5.41, 5.74) is 2.19.